The number of carboxylic acids is 1. The van der Waals surface area contributed by atoms with Gasteiger partial charge in [-0.1, -0.05) is 19.1 Å². The molecule has 1 rings (SSSR count). The molecule has 0 amide bonds. The van der Waals surface area contributed by atoms with Crippen molar-refractivity contribution >= 4 is 5.97 Å². The molecule has 1 N–H and O–H groups in total. The summed E-state index contributed by atoms with van der Waals surface area (Å²) in [6, 6.07) is 0. The van der Waals surface area contributed by atoms with Crippen LogP contribution in [0.2, 0.25) is 0 Å². The molecule has 1 aliphatic rings. The van der Waals surface area contributed by atoms with E-state index < -0.39 is 5.97 Å². The molecule has 2 atom stereocenters. The van der Waals surface area contributed by atoms with Crippen LogP contribution in [0, 0.1) is 11.8 Å². The number of rotatable bonds is 1. The van der Waals surface area contributed by atoms with E-state index >= 15 is 0 Å². The molecule has 0 fully saturated rings. The molecule has 0 bridgehead atoms. The minimum absolute atomic E-state index is 0.222. The van der Waals surface area contributed by atoms with Gasteiger partial charge >= 0.3 is 5.97 Å². The predicted octanol–water partition coefficient (Wildman–Crippen LogP) is 1.28. The van der Waals surface area contributed by atoms with Crippen molar-refractivity contribution in [1.82, 2.24) is 0 Å². The third-order valence-corrected chi connectivity index (χ3v) is 1.61. The monoisotopic (exact) mass is 126 g/mol. The fourth-order valence-electron chi connectivity index (χ4n) is 1.06. The average Bonchev–Trinajstić information content (AvgIpc) is 2.14. The Kier molecular flexibility index (Phi) is 1.56. The summed E-state index contributed by atoms with van der Waals surface area (Å²) in [4.78, 5) is 10.3. The standard InChI is InChI=1S/C7H10O2/c1-5-2-3-6(4-5)7(8)9/h2-3,5-6H,4H2,1H3,(H,8,9)/t5?,6-/m0/s1. The van der Waals surface area contributed by atoms with Crippen LogP contribution in [-0.4, -0.2) is 11.1 Å². The molecule has 1 unspecified atom stereocenters. The second-order valence-corrected chi connectivity index (χ2v) is 2.54. The Morgan fingerprint density at radius 2 is 2.33 bits per heavy atom. The van der Waals surface area contributed by atoms with Crippen LogP contribution in [-0.2, 0) is 4.79 Å². The average molecular weight is 126 g/mol. The molecule has 50 valence electrons. The zero-order valence-electron chi connectivity index (χ0n) is 5.37. The first-order valence-corrected chi connectivity index (χ1v) is 3.11. The number of aliphatic carboxylic acids is 1. The molecule has 0 saturated carbocycles. The summed E-state index contributed by atoms with van der Waals surface area (Å²) in [5.41, 5.74) is 0. The van der Waals surface area contributed by atoms with Crippen LogP contribution in [0.5, 0.6) is 0 Å². The maximum atomic E-state index is 10.3. The maximum absolute atomic E-state index is 10.3. The van der Waals surface area contributed by atoms with Gasteiger partial charge in [0.05, 0.1) is 5.92 Å². The first-order chi connectivity index (χ1) is 4.20. The van der Waals surface area contributed by atoms with Crippen molar-refractivity contribution in [3.63, 3.8) is 0 Å². The molecule has 9 heavy (non-hydrogen) atoms. The van der Waals surface area contributed by atoms with Gasteiger partial charge < -0.3 is 5.11 Å². The molecule has 0 saturated heterocycles. The van der Waals surface area contributed by atoms with Crippen LogP contribution < -0.4 is 0 Å². The summed E-state index contributed by atoms with van der Waals surface area (Å²) in [5, 5.41) is 8.48. The van der Waals surface area contributed by atoms with Gasteiger partial charge in [0.15, 0.2) is 0 Å². The van der Waals surface area contributed by atoms with E-state index in [1.807, 2.05) is 13.0 Å². The van der Waals surface area contributed by atoms with E-state index in [2.05, 4.69) is 0 Å². The second-order valence-electron chi connectivity index (χ2n) is 2.54. The number of hydrogen-bond acceptors (Lipinski definition) is 1. The van der Waals surface area contributed by atoms with Crippen molar-refractivity contribution < 1.29 is 9.90 Å². The van der Waals surface area contributed by atoms with E-state index in [0.717, 1.165) is 6.42 Å². The fraction of sp³-hybridized carbons (Fsp3) is 0.571. The molecule has 0 spiro atoms. The molecular formula is C7H10O2. The molecule has 0 aliphatic heterocycles. The molecular weight excluding hydrogens is 116 g/mol. The van der Waals surface area contributed by atoms with Crippen LogP contribution in [0.3, 0.4) is 0 Å². The van der Waals surface area contributed by atoms with E-state index in [-0.39, 0.29) is 5.92 Å². The van der Waals surface area contributed by atoms with E-state index in [9.17, 15) is 4.79 Å². The van der Waals surface area contributed by atoms with Gasteiger partial charge in [0, 0.05) is 0 Å². The summed E-state index contributed by atoms with van der Waals surface area (Å²) < 4.78 is 0. The quantitative estimate of drug-likeness (QED) is 0.537. The van der Waals surface area contributed by atoms with Crippen molar-refractivity contribution in [3.8, 4) is 0 Å². The summed E-state index contributed by atoms with van der Waals surface area (Å²) in [5.74, 6) is -0.471. The topological polar surface area (TPSA) is 37.3 Å². The maximum Gasteiger partial charge on any atom is 0.310 e. The lowest BCUT2D eigenvalue weighted by Gasteiger charge is -2.00. The highest BCUT2D eigenvalue weighted by atomic mass is 16.4. The molecule has 0 radical (unpaired) electrons. The smallest absolute Gasteiger partial charge is 0.310 e. The third-order valence-electron chi connectivity index (χ3n) is 1.61. The summed E-state index contributed by atoms with van der Waals surface area (Å²) >= 11 is 0. The van der Waals surface area contributed by atoms with Gasteiger partial charge in [-0.2, -0.15) is 0 Å². The highest BCUT2D eigenvalue weighted by Crippen LogP contribution is 2.22. The van der Waals surface area contributed by atoms with E-state index in [1.165, 1.54) is 0 Å². The molecule has 1 aliphatic carbocycles. The number of carboxylic acid groups (broad SMARTS) is 1. The Bertz CT molecular complexity index is 149. The van der Waals surface area contributed by atoms with Crippen LogP contribution in [0.1, 0.15) is 13.3 Å². The van der Waals surface area contributed by atoms with Crippen LogP contribution >= 0.6 is 0 Å². The number of hydrogen-bond donors (Lipinski definition) is 1. The molecule has 2 heteroatoms. The molecule has 0 aromatic heterocycles. The zero-order chi connectivity index (χ0) is 6.85. The Morgan fingerprint density at radius 3 is 2.56 bits per heavy atom. The SMILES string of the molecule is CC1C=C[C@H](C(=O)O)C1. The minimum atomic E-state index is -0.699. The number of carbonyl (C=O) groups is 1. The van der Waals surface area contributed by atoms with Gasteiger partial charge in [-0.05, 0) is 12.3 Å². The van der Waals surface area contributed by atoms with Crippen molar-refractivity contribution in [3.05, 3.63) is 12.2 Å². The predicted molar refractivity (Wildman–Crippen MR) is 34.0 cm³/mol. The lowest BCUT2D eigenvalue weighted by Crippen LogP contribution is -2.08. The van der Waals surface area contributed by atoms with Crippen molar-refractivity contribution in [2.45, 2.75) is 13.3 Å². The Morgan fingerprint density at radius 1 is 1.67 bits per heavy atom. The van der Waals surface area contributed by atoms with E-state index in [4.69, 9.17) is 5.11 Å². The van der Waals surface area contributed by atoms with Crippen molar-refractivity contribution in [2.24, 2.45) is 11.8 Å². The van der Waals surface area contributed by atoms with Gasteiger partial charge in [0.1, 0.15) is 0 Å². The summed E-state index contributed by atoms with van der Waals surface area (Å²) in [6.07, 6.45) is 4.50. The van der Waals surface area contributed by atoms with E-state index in [0.29, 0.717) is 5.92 Å². The van der Waals surface area contributed by atoms with E-state index in [1.54, 1.807) is 6.08 Å². The largest absolute Gasteiger partial charge is 0.481 e. The Hall–Kier alpha value is -0.790. The van der Waals surface area contributed by atoms with Gasteiger partial charge in [-0.15, -0.1) is 0 Å². The molecule has 0 aromatic carbocycles. The van der Waals surface area contributed by atoms with Crippen LogP contribution in [0.4, 0.5) is 0 Å². The Labute approximate surface area is 54.2 Å². The molecule has 0 aromatic rings. The second kappa shape index (κ2) is 2.21. The lowest BCUT2D eigenvalue weighted by atomic mass is 10.1. The fourth-order valence-corrected chi connectivity index (χ4v) is 1.06. The highest BCUT2D eigenvalue weighted by Gasteiger charge is 2.20. The normalized spacial score (nSPS) is 33.0. The Balaban J connectivity index is 2.50. The van der Waals surface area contributed by atoms with Gasteiger partial charge in [0.2, 0.25) is 0 Å². The summed E-state index contributed by atoms with van der Waals surface area (Å²) in [7, 11) is 0. The molecule has 0 heterocycles. The minimum Gasteiger partial charge on any atom is -0.481 e. The van der Waals surface area contributed by atoms with Crippen molar-refractivity contribution in [1.29, 1.82) is 0 Å². The first-order valence-electron chi connectivity index (χ1n) is 3.11. The van der Waals surface area contributed by atoms with Gasteiger partial charge in [0.25, 0.3) is 0 Å². The van der Waals surface area contributed by atoms with Gasteiger partial charge in [-0.25, -0.2) is 0 Å². The van der Waals surface area contributed by atoms with Crippen molar-refractivity contribution in [2.75, 3.05) is 0 Å². The molecule has 2 nitrogen and oxygen atoms in total. The third kappa shape index (κ3) is 1.31. The van der Waals surface area contributed by atoms with Crippen LogP contribution in [0.25, 0.3) is 0 Å². The van der Waals surface area contributed by atoms with Crippen LogP contribution in [0.15, 0.2) is 12.2 Å². The summed E-state index contributed by atoms with van der Waals surface area (Å²) in [6.45, 7) is 2.03. The highest BCUT2D eigenvalue weighted by molar-refractivity contribution is 5.72. The number of allylic oxidation sites excluding steroid dienone is 1. The first kappa shape index (κ1) is 6.33. The zero-order valence-corrected chi connectivity index (χ0v) is 5.37. The van der Waals surface area contributed by atoms with Gasteiger partial charge in [-0.3, -0.25) is 4.79 Å². The lowest BCUT2D eigenvalue weighted by molar-refractivity contribution is -0.140.